The largest absolute Gasteiger partial charge is 0.336 e. The summed E-state index contributed by atoms with van der Waals surface area (Å²) < 4.78 is 28.3. The topological polar surface area (TPSA) is 81.2 Å². The molecule has 0 amide bonds. The lowest BCUT2D eigenvalue weighted by Gasteiger charge is -2.27. The van der Waals surface area contributed by atoms with E-state index in [1.807, 2.05) is 6.92 Å². The fourth-order valence-corrected chi connectivity index (χ4v) is 4.12. The summed E-state index contributed by atoms with van der Waals surface area (Å²) in [6, 6.07) is 0.00164. The molecular weight excluding hydrogens is 264 g/mol. The normalized spacial score (nSPS) is 24.2. The van der Waals surface area contributed by atoms with Crippen LogP contribution in [0, 0.1) is 5.92 Å². The van der Waals surface area contributed by atoms with Gasteiger partial charge < -0.3 is 10.3 Å². The predicted octanol–water partition coefficient (Wildman–Crippen LogP) is 0.651. The van der Waals surface area contributed by atoms with Gasteiger partial charge in [-0.15, -0.1) is 0 Å². The van der Waals surface area contributed by atoms with Crippen LogP contribution < -0.4 is 5.73 Å². The average Bonchev–Trinajstić information content (AvgIpc) is 3.06. The summed E-state index contributed by atoms with van der Waals surface area (Å²) in [6.07, 6.45) is 6.06. The zero-order valence-corrected chi connectivity index (χ0v) is 12.3. The summed E-state index contributed by atoms with van der Waals surface area (Å²) in [6.45, 7) is 3.19. The van der Waals surface area contributed by atoms with Gasteiger partial charge >= 0.3 is 0 Å². The standard InChI is InChI=1S/C12H22N4O2S/c1-3-16-8-12(14-9-16)19(17,18)15(2)11-6-4-5-10(11)7-13/h8-11H,3-7,13H2,1-2H3. The Morgan fingerprint density at radius 1 is 1.53 bits per heavy atom. The maximum atomic E-state index is 12.5. The summed E-state index contributed by atoms with van der Waals surface area (Å²) in [4.78, 5) is 4.00. The molecule has 1 heterocycles. The lowest BCUT2D eigenvalue weighted by Crippen LogP contribution is -2.41. The maximum absolute atomic E-state index is 12.5. The molecule has 6 nitrogen and oxygen atoms in total. The maximum Gasteiger partial charge on any atom is 0.262 e. The van der Waals surface area contributed by atoms with E-state index in [-0.39, 0.29) is 17.0 Å². The van der Waals surface area contributed by atoms with Gasteiger partial charge in [0, 0.05) is 25.8 Å². The van der Waals surface area contributed by atoms with Gasteiger partial charge in [0.1, 0.15) is 0 Å². The number of rotatable bonds is 5. The van der Waals surface area contributed by atoms with E-state index in [0.29, 0.717) is 13.1 Å². The van der Waals surface area contributed by atoms with Crippen LogP contribution in [-0.4, -0.2) is 41.9 Å². The summed E-state index contributed by atoms with van der Waals surface area (Å²) in [5, 5.41) is 0.125. The zero-order valence-electron chi connectivity index (χ0n) is 11.5. The van der Waals surface area contributed by atoms with E-state index in [0.717, 1.165) is 19.3 Å². The van der Waals surface area contributed by atoms with Crippen molar-refractivity contribution in [2.24, 2.45) is 11.7 Å². The van der Waals surface area contributed by atoms with Crippen molar-refractivity contribution in [2.45, 2.75) is 43.8 Å². The van der Waals surface area contributed by atoms with Crippen LogP contribution in [0.5, 0.6) is 0 Å². The van der Waals surface area contributed by atoms with Gasteiger partial charge in [0.15, 0.2) is 5.03 Å². The molecule has 0 aliphatic heterocycles. The molecule has 2 rings (SSSR count). The van der Waals surface area contributed by atoms with Crippen molar-refractivity contribution in [3.8, 4) is 0 Å². The van der Waals surface area contributed by atoms with E-state index in [2.05, 4.69) is 4.98 Å². The van der Waals surface area contributed by atoms with Gasteiger partial charge in [-0.2, -0.15) is 4.31 Å². The van der Waals surface area contributed by atoms with Gasteiger partial charge in [-0.3, -0.25) is 0 Å². The lowest BCUT2D eigenvalue weighted by atomic mass is 10.0. The number of aromatic nitrogens is 2. The highest BCUT2D eigenvalue weighted by atomic mass is 32.2. The minimum Gasteiger partial charge on any atom is -0.336 e. The number of sulfonamides is 1. The molecule has 2 N–H and O–H groups in total. The minimum atomic E-state index is -3.51. The van der Waals surface area contributed by atoms with Crippen molar-refractivity contribution < 1.29 is 8.42 Å². The minimum absolute atomic E-state index is 0.00164. The molecule has 2 atom stereocenters. The Morgan fingerprint density at radius 3 is 2.84 bits per heavy atom. The molecule has 108 valence electrons. The van der Waals surface area contributed by atoms with Crippen LogP contribution in [-0.2, 0) is 16.6 Å². The van der Waals surface area contributed by atoms with Gasteiger partial charge in [0.2, 0.25) is 0 Å². The first kappa shape index (κ1) is 14.5. The van der Waals surface area contributed by atoms with E-state index >= 15 is 0 Å². The van der Waals surface area contributed by atoms with E-state index in [1.165, 1.54) is 4.31 Å². The number of imidazole rings is 1. The molecule has 7 heteroatoms. The smallest absolute Gasteiger partial charge is 0.262 e. The van der Waals surface area contributed by atoms with Gasteiger partial charge in [-0.1, -0.05) is 6.42 Å². The predicted molar refractivity (Wildman–Crippen MR) is 73.0 cm³/mol. The van der Waals surface area contributed by atoms with Crippen molar-refractivity contribution in [3.63, 3.8) is 0 Å². The summed E-state index contributed by atoms with van der Waals surface area (Å²) in [5.74, 6) is 0.257. The molecule has 1 aliphatic rings. The third kappa shape index (κ3) is 2.68. The highest BCUT2D eigenvalue weighted by Crippen LogP contribution is 2.31. The average molecular weight is 286 g/mol. The van der Waals surface area contributed by atoms with Crippen LogP contribution >= 0.6 is 0 Å². The summed E-state index contributed by atoms with van der Waals surface area (Å²) in [5.41, 5.74) is 5.73. The van der Waals surface area contributed by atoms with Gasteiger partial charge in [-0.25, -0.2) is 13.4 Å². The van der Waals surface area contributed by atoms with Crippen LogP contribution in [0.1, 0.15) is 26.2 Å². The Bertz CT molecular complexity index is 526. The first-order valence-corrected chi connectivity index (χ1v) is 8.14. The Hall–Kier alpha value is -0.920. The third-order valence-electron chi connectivity index (χ3n) is 4.01. The monoisotopic (exact) mass is 286 g/mol. The van der Waals surface area contributed by atoms with Crippen LogP contribution in [0.3, 0.4) is 0 Å². The molecule has 0 radical (unpaired) electrons. The second-order valence-corrected chi connectivity index (χ2v) is 7.00. The number of hydrogen-bond acceptors (Lipinski definition) is 4. The molecule has 1 saturated carbocycles. The molecule has 0 bridgehead atoms. The van der Waals surface area contributed by atoms with Gasteiger partial charge in [0.05, 0.1) is 6.33 Å². The van der Waals surface area contributed by atoms with Crippen molar-refractivity contribution in [1.29, 1.82) is 0 Å². The van der Waals surface area contributed by atoms with Crippen molar-refractivity contribution in [3.05, 3.63) is 12.5 Å². The van der Waals surface area contributed by atoms with Crippen molar-refractivity contribution in [1.82, 2.24) is 13.9 Å². The van der Waals surface area contributed by atoms with E-state index in [9.17, 15) is 8.42 Å². The zero-order chi connectivity index (χ0) is 14.0. The first-order valence-electron chi connectivity index (χ1n) is 6.70. The fraction of sp³-hybridized carbons (Fsp3) is 0.750. The molecule has 1 fully saturated rings. The van der Waals surface area contributed by atoms with E-state index < -0.39 is 10.0 Å². The van der Waals surface area contributed by atoms with Crippen LogP contribution in [0.25, 0.3) is 0 Å². The number of nitrogens with zero attached hydrogens (tertiary/aromatic N) is 3. The van der Waals surface area contributed by atoms with E-state index in [1.54, 1.807) is 24.1 Å². The quantitative estimate of drug-likeness (QED) is 0.861. The third-order valence-corrected chi connectivity index (χ3v) is 5.78. The molecule has 1 aromatic heterocycles. The Labute approximate surface area is 114 Å². The number of aryl methyl sites for hydroxylation is 1. The molecule has 1 aliphatic carbocycles. The Kier molecular flexibility index (Phi) is 4.27. The van der Waals surface area contributed by atoms with E-state index in [4.69, 9.17) is 5.73 Å². The summed E-state index contributed by atoms with van der Waals surface area (Å²) in [7, 11) is -1.87. The number of hydrogen-bond donors (Lipinski definition) is 1. The van der Waals surface area contributed by atoms with Gasteiger partial charge in [0.25, 0.3) is 10.0 Å². The molecule has 1 aromatic rings. The second-order valence-electron chi connectivity index (χ2n) is 5.06. The molecule has 0 saturated heterocycles. The van der Waals surface area contributed by atoms with Crippen LogP contribution in [0.2, 0.25) is 0 Å². The van der Waals surface area contributed by atoms with Crippen molar-refractivity contribution >= 4 is 10.0 Å². The lowest BCUT2D eigenvalue weighted by molar-refractivity contribution is 0.303. The molecular formula is C12H22N4O2S. The summed E-state index contributed by atoms with van der Waals surface area (Å²) >= 11 is 0. The van der Waals surface area contributed by atoms with Gasteiger partial charge in [-0.05, 0) is 32.2 Å². The molecule has 0 spiro atoms. The van der Waals surface area contributed by atoms with Crippen LogP contribution in [0.15, 0.2) is 17.6 Å². The fourth-order valence-electron chi connectivity index (χ4n) is 2.74. The molecule has 0 aromatic carbocycles. The van der Waals surface area contributed by atoms with Crippen LogP contribution in [0.4, 0.5) is 0 Å². The second kappa shape index (κ2) is 5.60. The highest BCUT2D eigenvalue weighted by molar-refractivity contribution is 7.89. The molecule has 2 unspecified atom stereocenters. The first-order chi connectivity index (χ1) is 9.00. The Balaban J connectivity index is 2.23. The Morgan fingerprint density at radius 2 is 2.26 bits per heavy atom. The van der Waals surface area contributed by atoms with Crippen molar-refractivity contribution in [2.75, 3.05) is 13.6 Å². The SMILES string of the molecule is CCn1cnc(S(=O)(=O)N(C)C2CCCC2CN)c1. The highest BCUT2D eigenvalue weighted by Gasteiger charge is 2.36. The number of nitrogens with two attached hydrogens (primary N) is 1. The molecule has 19 heavy (non-hydrogen) atoms.